The summed E-state index contributed by atoms with van der Waals surface area (Å²) >= 11 is 7.47. The number of halogens is 2. The van der Waals surface area contributed by atoms with E-state index >= 15 is 0 Å². The number of aryl methyl sites for hydroxylation is 2. The van der Waals surface area contributed by atoms with Crippen LogP contribution in [-0.2, 0) is 6.54 Å². The Morgan fingerprint density at radius 1 is 1.32 bits per heavy atom. The summed E-state index contributed by atoms with van der Waals surface area (Å²) in [4.78, 5) is 2.65. The molecular weight excluding hydrogens is 281 g/mol. The van der Waals surface area contributed by atoms with Gasteiger partial charge in [-0.1, -0.05) is 17.7 Å². The van der Waals surface area contributed by atoms with Crippen LogP contribution in [0.25, 0.3) is 0 Å². The predicted octanol–water partition coefficient (Wildman–Crippen LogP) is 5.01. The van der Waals surface area contributed by atoms with Gasteiger partial charge in [-0.3, -0.25) is 0 Å². The summed E-state index contributed by atoms with van der Waals surface area (Å²) in [7, 11) is 0. The number of hydrogen-bond donors (Lipinski definition) is 1. The monoisotopic (exact) mass is 297 g/mol. The fraction of sp³-hybridized carbons (Fsp3) is 0.333. The summed E-state index contributed by atoms with van der Waals surface area (Å²) in [5.74, 6) is -0.365. The van der Waals surface area contributed by atoms with Crippen molar-refractivity contribution in [1.29, 1.82) is 0 Å². The molecule has 0 aliphatic heterocycles. The third-order valence-electron chi connectivity index (χ3n) is 3.14. The Kier molecular flexibility index (Phi) is 4.61. The van der Waals surface area contributed by atoms with Crippen molar-refractivity contribution in [2.24, 2.45) is 0 Å². The Morgan fingerprint density at radius 3 is 2.63 bits per heavy atom. The van der Waals surface area contributed by atoms with Crippen LogP contribution in [0.15, 0.2) is 24.3 Å². The van der Waals surface area contributed by atoms with Gasteiger partial charge in [0, 0.05) is 22.3 Å². The van der Waals surface area contributed by atoms with Gasteiger partial charge in [-0.25, -0.2) is 4.39 Å². The van der Waals surface area contributed by atoms with Gasteiger partial charge in [0.25, 0.3) is 0 Å². The first-order valence-corrected chi connectivity index (χ1v) is 7.41. The van der Waals surface area contributed by atoms with Crippen LogP contribution in [0.1, 0.15) is 33.8 Å². The lowest BCUT2D eigenvalue weighted by Gasteiger charge is -2.14. The highest BCUT2D eigenvalue weighted by atomic mass is 35.5. The van der Waals surface area contributed by atoms with E-state index in [1.54, 1.807) is 17.4 Å². The van der Waals surface area contributed by atoms with E-state index in [4.69, 9.17) is 11.6 Å². The number of hydrogen-bond acceptors (Lipinski definition) is 2. The Bertz CT molecular complexity index is 580. The van der Waals surface area contributed by atoms with Crippen molar-refractivity contribution in [3.8, 4) is 0 Å². The van der Waals surface area contributed by atoms with Crippen LogP contribution in [0.4, 0.5) is 4.39 Å². The second-order valence-electron chi connectivity index (χ2n) is 4.72. The largest absolute Gasteiger partial charge is 0.306 e. The van der Waals surface area contributed by atoms with Gasteiger partial charge < -0.3 is 5.32 Å². The van der Waals surface area contributed by atoms with Gasteiger partial charge in [0.2, 0.25) is 0 Å². The van der Waals surface area contributed by atoms with Crippen molar-refractivity contribution in [2.45, 2.75) is 33.4 Å². The highest BCUT2D eigenvalue weighted by Crippen LogP contribution is 2.26. The van der Waals surface area contributed by atoms with Gasteiger partial charge in [0.05, 0.1) is 5.02 Å². The van der Waals surface area contributed by atoms with Crippen LogP contribution in [0.5, 0.6) is 0 Å². The molecule has 2 aromatic rings. The molecule has 19 heavy (non-hydrogen) atoms. The second kappa shape index (κ2) is 6.04. The minimum atomic E-state index is -0.365. The SMILES string of the molecule is Cc1cc(C(C)NCc2ccc(Cl)c(F)c2)c(C)s1. The molecule has 0 amide bonds. The maximum Gasteiger partial charge on any atom is 0.142 e. The van der Waals surface area contributed by atoms with Gasteiger partial charge in [-0.2, -0.15) is 0 Å². The first kappa shape index (κ1) is 14.5. The quantitative estimate of drug-likeness (QED) is 0.836. The van der Waals surface area contributed by atoms with E-state index in [0.29, 0.717) is 6.54 Å². The van der Waals surface area contributed by atoms with Crippen LogP contribution in [-0.4, -0.2) is 0 Å². The topological polar surface area (TPSA) is 12.0 Å². The zero-order chi connectivity index (χ0) is 14.0. The van der Waals surface area contributed by atoms with E-state index in [1.165, 1.54) is 21.4 Å². The lowest BCUT2D eigenvalue weighted by molar-refractivity contribution is 0.569. The molecule has 0 saturated carbocycles. The summed E-state index contributed by atoms with van der Waals surface area (Å²) in [6, 6.07) is 7.38. The molecule has 0 spiro atoms. The van der Waals surface area contributed by atoms with E-state index < -0.39 is 0 Å². The molecule has 0 aliphatic carbocycles. The van der Waals surface area contributed by atoms with Crippen molar-refractivity contribution in [3.63, 3.8) is 0 Å². The van der Waals surface area contributed by atoms with Crippen LogP contribution in [0.3, 0.4) is 0 Å². The van der Waals surface area contributed by atoms with Gasteiger partial charge in [0.15, 0.2) is 0 Å². The van der Waals surface area contributed by atoms with Gasteiger partial charge >= 0.3 is 0 Å². The molecule has 1 atom stereocenters. The van der Waals surface area contributed by atoms with E-state index in [-0.39, 0.29) is 16.9 Å². The first-order valence-electron chi connectivity index (χ1n) is 6.21. The summed E-state index contributed by atoms with van der Waals surface area (Å²) in [6.45, 7) is 7.00. The smallest absolute Gasteiger partial charge is 0.142 e. The zero-order valence-electron chi connectivity index (χ0n) is 11.3. The fourth-order valence-corrected chi connectivity index (χ4v) is 3.25. The average molecular weight is 298 g/mol. The fourth-order valence-electron chi connectivity index (χ4n) is 2.11. The lowest BCUT2D eigenvalue weighted by atomic mass is 10.1. The third-order valence-corrected chi connectivity index (χ3v) is 4.43. The summed E-state index contributed by atoms with van der Waals surface area (Å²) in [6.07, 6.45) is 0. The lowest BCUT2D eigenvalue weighted by Crippen LogP contribution is -2.18. The molecule has 1 aromatic carbocycles. The zero-order valence-corrected chi connectivity index (χ0v) is 12.8. The van der Waals surface area contributed by atoms with Crippen LogP contribution < -0.4 is 5.32 Å². The van der Waals surface area contributed by atoms with E-state index in [2.05, 4.69) is 32.2 Å². The Labute approximate surface area is 122 Å². The van der Waals surface area contributed by atoms with Crippen molar-refractivity contribution in [3.05, 3.63) is 56.0 Å². The molecule has 0 saturated heterocycles. The van der Waals surface area contributed by atoms with Crippen molar-refractivity contribution >= 4 is 22.9 Å². The molecular formula is C15H17ClFNS. The Hall–Kier alpha value is -0.900. The number of thiophene rings is 1. The van der Waals surface area contributed by atoms with Gasteiger partial charge in [-0.15, -0.1) is 11.3 Å². The Morgan fingerprint density at radius 2 is 2.05 bits per heavy atom. The van der Waals surface area contributed by atoms with Gasteiger partial charge in [-0.05, 0) is 50.1 Å². The normalized spacial score (nSPS) is 12.7. The number of benzene rings is 1. The summed E-state index contributed by atoms with van der Waals surface area (Å²) in [5.41, 5.74) is 2.22. The van der Waals surface area contributed by atoms with Crippen molar-refractivity contribution < 1.29 is 4.39 Å². The molecule has 1 nitrogen and oxygen atoms in total. The average Bonchev–Trinajstić information content (AvgIpc) is 2.70. The van der Waals surface area contributed by atoms with Gasteiger partial charge in [0.1, 0.15) is 5.82 Å². The van der Waals surface area contributed by atoms with E-state index in [9.17, 15) is 4.39 Å². The minimum absolute atomic E-state index is 0.168. The molecule has 1 heterocycles. The molecule has 102 valence electrons. The third kappa shape index (κ3) is 3.56. The standard InChI is InChI=1S/C15H17ClFNS/c1-9-6-13(11(3)19-9)10(2)18-8-12-4-5-14(16)15(17)7-12/h4-7,10,18H,8H2,1-3H3. The molecule has 0 fully saturated rings. The molecule has 0 aliphatic rings. The van der Waals surface area contributed by atoms with Crippen molar-refractivity contribution in [1.82, 2.24) is 5.32 Å². The van der Waals surface area contributed by atoms with E-state index in [0.717, 1.165) is 5.56 Å². The molecule has 1 aromatic heterocycles. The summed E-state index contributed by atoms with van der Waals surface area (Å²) in [5, 5.41) is 3.58. The van der Waals surface area contributed by atoms with Crippen LogP contribution in [0.2, 0.25) is 5.02 Å². The molecule has 1 N–H and O–H groups in total. The molecule has 2 rings (SSSR count). The van der Waals surface area contributed by atoms with Crippen LogP contribution in [0, 0.1) is 19.7 Å². The van der Waals surface area contributed by atoms with E-state index in [1.807, 2.05) is 6.07 Å². The minimum Gasteiger partial charge on any atom is -0.306 e. The summed E-state index contributed by atoms with van der Waals surface area (Å²) < 4.78 is 13.3. The molecule has 0 bridgehead atoms. The molecule has 4 heteroatoms. The maximum atomic E-state index is 13.3. The number of nitrogens with one attached hydrogen (secondary N) is 1. The van der Waals surface area contributed by atoms with Crippen molar-refractivity contribution in [2.75, 3.05) is 0 Å². The predicted molar refractivity (Wildman–Crippen MR) is 80.5 cm³/mol. The van der Waals surface area contributed by atoms with Crippen LogP contribution >= 0.6 is 22.9 Å². The molecule has 1 unspecified atom stereocenters. The first-order chi connectivity index (χ1) is 8.97. The molecule has 0 radical (unpaired) electrons. The maximum absolute atomic E-state index is 13.3. The number of rotatable bonds is 4. The second-order valence-corrected chi connectivity index (χ2v) is 6.59. The highest BCUT2D eigenvalue weighted by Gasteiger charge is 2.11. The Balaban J connectivity index is 2.02. The highest BCUT2D eigenvalue weighted by molar-refractivity contribution is 7.12.